The van der Waals surface area contributed by atoms with Crippen molar-refractivity contribution in [2.45, 2.75) is 6.54 Å². The van der Waals surface area contributed by atoms with Gasteiger partial charge in [0.05, 0.1) is 19.3 Å². The highest BCUT2D eigenvalue weighted by atomic mass is 16.5. The van der Waals surface area contributed by atoms with E-state index in [0.717, 1.165) is 11.4 Å². The van der Waals surface area contributed by atoms with Crippen LogP contribution >= 0.6 is 0 Å². The summed E-state index contributed by atoms with van der Waals surface area (Å²) in [5, 5.41) is 4.50. The second kappa shape index (κ2) is 5.21. The molecule has 0 saturated carbocycles. The van der Waals surface area contributed by atoms with Gasteiger partial charge in [-0.15, -0.1) is 0 Å². The Morgan fingerprint density at radius 2 is 1.62 bits per heavy atom. The number of benzene rings is 2. The molecule has 0 amide bonds. The number of hydrogen-bond acceptors (Lipinski definition) is 1. The Morgan fingerprint density at radius 1 is 0.938 bits per heavy atom. The first-order valence-corrected chi connectivity index (χ1v) is 5.24. The van der Waals surface area contributed by atoms with Crippen molar-refractivity contribution < 1.29 is 4.74 Å². The van der Waals surface area contributed by atoms with Crippen LogP contribution in [-0.4, -0.2) is 7.11 Å². The van der Waals surface area contributed by atoms with E-state index >= 15 is 0 Å². The Morgan fingerprint density at radius 3 is 2.25 bits per heavy atom. The molecule has 2 nitrogen and oxygen atoms in total. The SMILES string of the molecule is COc1ccc([N]Cc2ccccc2)cc1. The summed E-state index contributed by atoms with van der Waals surface area (Å²) in [5.41, 5.74) is 2.20. The van der Waals surface area contributed by atoms with E-state index in [2.05, 4.69) is 17.4 Å². The van der Waals surface area contributed by atoms with Crippen LogP contribution in [0.2, 0.25) is 0 Å². The van der Waals surface area contributed by atoms with E-state index in [4.69, 9.17) is 4.74 Å². The molecular formula is C14H14NO. The fraction of sp³-hybridized carbons (Fsp3) is 0.143. The maximum atomic E-state index is 5.09. The van der Waals surface area contributed by atoms with Gasteiger partial charge in [-0.1, -0.05) is 30.3 Å². The van der Waals surface area contributed by atoms with Crippen LogP contribution in [0.5, 0.6) is 5.75 Å². The van der Waals surface area contributed by atoms with Crippen molar-refractivity contribution in [1.82, 2.24) is 5.32 Å². The summed E-state index contributed by atoms with van der Waals surface area (Å²) in [5.74, 6) is 0.860. The average molecular weight is 212 g/mol. The zero-order valence-electron chi connectivity index (χ0n) is 9.26. The van der Waals surface area contributed by atoms with Gasteiger partial charge in [0.1, 0.15) is 5.75 Å². The molecule has 0 spiro atoms. The van der Waals surface area contributed by atoms with Crippen LogP contribution in [0, 0.1) is 0 Å². The number of ether oxygens (including phenoxy) is 1. The maximum absolute atomic E-state index is 5.09. The molecule has 0 atom stereocenters. The third-order valence-electron chi connectivity index (χ3n) is 2.36. The van der Waals surface area contributed by atoms with Gasteiger partial charge in [0.25, 0.3) is 0 Å². The second-order valence-corrected chi connectivity index (χ2v) is 3.50. The van der Waals surface area contributed by atoms with Crippen LogP contribution < -0.4 is 10.1 Å². The molecular weight excluding hydrogens is 198 g/mol. The molecule has 0 N–H and O–H groups in total. The van der Waals surface area contributed by atoms with Crippen molar-refractivity contribution in [3.05, 3.63) is 60.2 Å². The third-order valence-corrected chi connectivity index (χ3v) is 2.36. The normalized spacial score (nSPS) is 9.81. The van der Waals surface area contributed by atoms with Gasteiger partial charge in [0.2, 0.25) is 0 Å². The van der Waals surface area contributed by atoms with Crippen LogP contribution in [-0.2, 0) is 6.54 Å². The van der Waals surface area contributed by atoms with Crippen molar-refractivity contribution >= 4 is 5.69 Å². The molecule has 0 fully saturated rings. The number of rotatable bonds is 4. The molecule has 2 rings (SSSR count). The Bertz CT molecular complexity index is 422. The average Bonchev–Trinajstić information content (AvgIpc) is 2.38. The largest absolute Gasteiger partial charge is 0.497 e. The molecule has 16 heavy (non-hydrogen) atoms. The molecule has 1 radical (unpaired) electrons. The lowest BCUT2D eigenvalue weighted by molar-refractivity contribution is 0.415. The van der Waals surface area contributed by atoms with Gasteiger partial charge in [-0.2, -0.15) is 0 Å². The first-order valence-electron chi connectivity index (χ1n) is 5.24. The van der Waals surface area contributed by atoms with Gasteiger partial charge in [-0.05, 0) is 29.8 Å². The van der Waals surface area contributed by atoms with Gasteiger partial charge in [0, 0.05) is 0 Å². The summed E-state index contributed by atoms with van der Waals surface area (Å²) in [4.78, 5) is 0. The number of methoxy groups -OCH3 is 1. The van der Waals surface area contributed by atoms with Gasteiger partial charge in [-0.25, -0.2) is 0 Å². The quantitative estimate of drug-likeness (QED) is 0.763. The Kier molecular flexibility index (Phi) is 3.44. The zero-order valence-corrected chi connectivity index (χ0v) is 9.26. The van der Waals surface area contributed by atoms with Crippen molar-refractivity contribution in [2.75, 3.05) is 7.11 Å². The molecule has 81 valence electrons. The highest BCUT2D eigenvalue weighted by Gasteiger charge is 1.96. The van der Waals surface area contributed by atoms with Gasteiger partial charge in [-0.3, -0.25) is 5.32 Å². The Balaban J connectivity index is 1.94. The van der Waals surface area contributed by atoms with E-state index in [1.807, 2.05) is 42.5 Å². The lowest BCUT2D eigenvalue weighted by atomic mass is 10.2. The molecule has 0 unspecified atom stereocenters. The van der Waals surface area contributed by atoms with Crippen molar-refractivity contribution in [1.29, 1.82) is 0 Å². The van der Waals surface area contributed by atoms with E-state index in [1.165, 1.54) is 5.56 Å². The minimum Gasteiger partial charge on any atom is -0.497 e. The van der Waals surface area contributed by atoms with Crippen LogP contribution in [0.4, 0.5) is 5.69 Å². The number of nitrogens with zero attached hydrogens (tertiary/aromatic N) is 1. The standard InChI is InChI=1S/C14H14NO/c1-16-14-9-7-13(8-10-14)15-11-12-5-3-2-4-6-12/h2-10H,11H2,1H3. The van der Waals surface area contributed by atoms with Gasteiger partial charge in [0.15, 0.2) is 0 Å². The van der Waals surface area contributed by atoms with Crippen molar-refractivity contribution in [3.8, 4) is 5.75 Å². The van der Waals surface area contributed by atoms with Crippen LogP contribution in [0.25, 0.3) is 0 Å². The number of hydrogen-bond donors (Lipinski definition) is 0. The molecule has 0 aromatic heterocycles. The zero-order chi connectivity index (χ0) is 11.2. The topological polar surface area (TPSA) is 23.3 Å². The monoisotopic (exact) mass is 212 g/mol. The lowest BCUT2D eigenvalue weighted by Gasteiger charge is -2.04. The second-order valence-electron chi connectivity index (χ2n) is 3.50. The highest BCUT2D eigenvalue weighted by molar-refractivity contribution is 5.40. The molecule has 2 aromatic carbocycles. The summed E-state index contributed by atoms with van der Waals surface area (Å²) in [6.45, 7) is 0.715. The predicted octanol–water partition coefficient (Wildman–Crippen LogP) is 3.13. The predicted molar refractivity (Wildman–Crippen MR) is 64.9 cm³/mol. The van der Waals surface area contributed by atoms with E-state index in [-0.39, 0.29) is 0 Å². The van der Waals surface area contributed by atoms with Crippen LogP contribution in [0.1, 0.15) is 5.56 Å². The Labute approximate surface area is 95.9 Å². The summed E-state index contributed by atoms with van der Waals surface area (Å²) in [6.07, 6.45) is 0. The summed E-state index contributed by atoms with van der Waals surface area (Å²) in [7, 11) is 1.66. The van der Waals surface area contributed by atoms with E-state index in [0.29, 0.717) is 6.54 Å². The van der Waals surface area contributed by atoms with Crippen LogP contribution in [0.15, 0.2) is 54.6 Å². The fourth-order valence-electron chi connectivity index (χ4n) is 1.45. The fourth-order valence-corrected chi connectivity index (χ4v) is 1.45. The molecule has 0 bridgehead atoms. The Hall–Kier alpha value is -1.96. The third kappa shape index (κ3) is 2.76. The summed E-state index contributed by atoms with van der Waals surface area (Å²) in [6, 6.07) is 18.0. The molecule has 0 heterocycles. The molecule has 0 aliphatic carbocycles. The van der Waals surface area contributed by atoms with Crippen LogP contribution in [0.3, 0.4) is 0 Å². The first kappa shape index (κ1) is 10.6. The summed E-state index contributed by atoms with van der Waals surface area (Å²) < 4.78 is 5.09. The van der Waals surface area contributed by atoms with Gasteiger partial charge >= 0.3 is 0 Å². The smallest absolute Gasteiger partial charge is 0.119 e. The van der Waals surface area contributed by atoms with Crippen molar-refractivity contribution in [2.24, 2.45) is 0 Å². The molecule has 0 saturated heterocycles. The molecule has 2 aromatic rings. The minimum absolute atomic E-state index is 0.715. The minimum atomic E-state index is 0.715. The van der Waals surface area contributed by atoms with E-state index in [1.54, 1.807) is 7.11 Å². The highest BCUT2D eigenvalue weighted by Crippen LogP contribution is 2.15. The summed E-state index contributed by atoms with van der Waals surface area (Å²) >= 11 is 0. The molecule has 2 heteroatoms. The van der Waals surface area contributed by atoms with Gasteiger partial charge < -0.3 is 4.74 Å². The lowest BCUT2D eigenvalue weighted by Crippen LogP contribution is -1.97. The maximum Gasteiger partial charge on any atom is 0.119 e. The first-order chi connectivity index (χ1) is 7.88. The molecule has 0 aliphatic heterocycles. The molecule has 0 aliphatic rings. The van der Waals surface area contributed by atoms with E-state index < -0.39 is 0 Å². The van der Waals surface area contributed by atoms with E-state index in [9.17, 15) is 0 Å². The van der Waals surface area contributed by atoms with Crippen molar-refractivity contribution in [3.63, 3.8) is 0 Å².